The summed E-state index contributed by atoms with van der Waals surface area (Å²) in [6, 6.07) is 8.94. The second kappa shape index (κ2) is 7.43. The van der Waals surface area contributed by atoms with Crippen molar-refractivity contribution in [3.05, 3.63) is 53.5 Å². The second-order valence-corrected chi connectivity index (χ2v) is 6.37. The van der Waals surface area contributed by atoms with Gasteiger partial charge in [0.1, 0.15) is 0 Å². The zero-order chi connectivity index (χ0) is 18.7. The maximum atomic E-state index is 12.4. The summed E-state index contributed by atoms with van der Waals surface area (Å²) in [4.78, 5) is 37.0. The molecule has 0 aliphatic carbocycles. The number of para-hydroxylation sites is 1. The number of carboxylic acid groups (broad SMARTS) is 1. The number of carbonyl (C=O) groups excluding carboxylic acids is 2. The van der Waals surface area contributed by atoms with E-state index in [2.05, 4.69) is 5.32 Å². The standard InChI is InChI=1S/C19H20N2O5/c1-12(6-7-17(23)24)20-19(25)18-14(8-9-26-18)11-21-15-5-3-2-4-13(15)10-16(21)22/h2-5,8-9,12H,6-7,10-11H2,1H3,(H,20,25)(H,23,24). The first-order valence-corrected chi connectivity index (χ1v) is 8.43. The lowest BCUT2D eigenvalue weighted by Gasteiger charge is -2.18. The number of furan rings is 1. The number of nitrogens with one attached hydrogen (secondary N) is 1. The van der Waals surface area contributed by atoms with Crippen molar-refractivity contribution in [1.29, 1.82) is 0 Å². The van der Waals surface area contributed by atoms with Crippen molar-refractivity contribution in [3.63, 3.8) is 0 Å². The highest BCUT2D eigenvalue weighted by Crippen LogP contribution is 2.30. The van der Waals surface area contributed by atoms with Crippen LogP contribution in [-0.4, -0.2) is 28.9 Å². The van der Waals surface area contributed by atoms with Crippen molar-refractivity contribution in [2.75, 3.05) is 4.90 Å². The van der Waals surface area contributed by atoms with Gasteiger partial charge in [0, 0.05) is 23.7 Å². The number of amides is 2. The fraction of sp³-hybridized carbons (Fsp3) is 0.316. The van der Waals surface area contributed by atoms with Crippen LogP contribution in [0.5, 0.6) is 0 Å². The van der Waals surface area contributed by atoms with Crippen LogP contribution in [-0.2, 0) is 22.6 Å². The number of hydrogen-bond donors (Lipinski definition) is 2. The summed E-state index contributed by atoms with van der Waals surface area (Å²) in [5.74, 6) is -1.20. The average molecular weight is 356 g/mol. The molecule has 1 aliphatic rings. The Morgan fingerprint density at radius 2 is 2.08 bits per heavy atom. The normalized spacial score (nSPS) is 14.2. The minimum Gasteiger partial charge on any atom is -0.481 e. The molecular formula is C19H20N2O5. The van der Waals surface area contributed by atoms with Gasteiger partial charge in [0.05, 0.1) is 19.2 Å². The molecule has 1 aromatic heterocycles. The molecule has 0 fully saturated rings. The molecule has 7 heteroatoms. The molecule has 0 spiro atoms. The maximum Gasteiger partial charge on any atom is 0.303 e. The minimum absolute atomic E-state index is 0.0198. The third kappa shape index (κ3) is 3.77. The number of nitrogens with zero attached hydrogens (tertiary/aromatic N) is 1. The van der Waals surface area contributed by atoms with Crippen LogP contribution in [0.15, 0.2) is 41.0 Å². The molecule has 2 amide bonds. The van der Waals surface area contributed by atoms with Crippen molar-refractivity contribution in [2.24, 2.45) is 0 Å². The highest BCUT2D eigenvalue weighted by Gasteiger charge is 2.29. The predicted molar refractivity (Wildman–Crippen MR) is 93.8 cm³/mol. The van der Waals surface area contributed by atoms with Gasteiger partial charge in [-0.05, 0) is 31.0 Å². The molecule has 2 heterocycles. The first kappa shape index (κ1) is 17.7. The molecule has 1 unspecified atom stereocenters. The Balaban J connectivity index is 1.70. The first-order valence-electron chi connectivity index (χ1n) is 8.43. The average Bonchev–Trinajstić information content (AvgIpc) is 3.18. The topological polar surface area (TPSA) is 99.8 Å². The molecule has 7 nitrogen and oxygen atoms in total. The molecule has 26 heavy (non-hydrogen) atoms. The fourth-order valence-electron chi connectivity index (χ4n) is 3.02. The van der Waals surface area contributed by atoms with E-state index in [9.17, 15) is 14.4 Å². The molecule has 3 rings (SSSR count). The monoisotopic (exact) mass is 356 g/mol. The van der Waals surface area contributed by atoms with E-state index in [0.717, 1.165) is 11.3 Å². The van der Waals surface area contributed by atoms with Gasteiger partial charge in [-0.15, -0.1) is 0 Å². The number of benzene rings is 1. The number of fused-ring (bicyclic) bond motifs is 1. The van der Waals surface area contributed by atoms with E-state index in [0.29, 0.717) is 18.4 Å². The van der Waals surface area contributed by atoms with Gasteiger partial charge < -0.3 is 19.7 Å². The molecule has 1 aliphatic heterocycles. The summed E-state index contributed by atoms with van der Waals surface area (Å²) in [7, 11) is 0. The lowest BCUT2D eigenvalue weighted by atomic mass is 10.1. The van der Waals surface area contributed by atoms with E-state index in [1.807, 2.05) is 24.3 Å². The smallest absolute Gasteiger partial charge is 0.303 e. The molecule has 0 saturated heterocycles. The maximum absolute atomic E-state index is 12.4. The molecule has 2 N–H and O–H groups in total. The predicted octanol–water partition coefficient (Wildman–Crippen LogP) is 2.35. The lowest BCUT2D eigenvalue weighted by molar-refractivity contribution is -0.137. The molecule has 1 aromatic carbocycles. The van der Waals surface area contributed by atoms with Crippen LogP contribution in [0.1, 0.15) is 41.4 Å². The Kier molecular flexibility index (Phi) is 5.06. The fourth-order valence-corrected chi connectivity index (χ4v) is 3.02. The van der Waals surface area contributed by atoms with Crippen molar-refractivity contribution in [2.45, 2.75) is 38.8 Å². The van der Waals surface area contributed by atoms with Crippen LogP contribution in [0.4, 0.5) is 5.69 Å². The second-order valence-electron chi connectivity index (χ2n) is 6.37. The van der Waals surface area contributed by atoms with Gasteiger partial charge in [0.2, 0.25) is 5.91 Å². The van der Waals surface area contributed by atoms with Crippen molar-refractivity contribution in [3.8, 4) is 0 Å². The molecule has 0 bridgehead atoms. The number of hydrogen-bond acceptors (Lipinski definition) is 4. The largest absolute Gasteiger partial charge is 0.481 e. The Morgan fingerprint density at radius 1 is 1.31 bits per heavy atom. The van der Waals surface area contributed by atoms with E-state index in [1.54, 1.807) is 17.9 Å². The number of anilines is 1. The number of aliphatic carboxylic acids is 1. The van der Waals surface area contributed by atoms with E-state index in [1.165, 1.54) is 6.26 Å². The van der Waals surface area contributed by atoms with Gasteiger partial charge in [-0.3, -0.25) is 14.4 Å². The van der Waals surface area contributed by atoms with Gasteiger partial charge in [0.15, 0.2) is 5.76 Å². The SMILES string of the molecule is CC(CCC(=O)O)NC(=O)c1occc1CN1C(=O)Cc2ccccc21. The van der Waals surface area contributed by atoms with Crippen molar-refractivity contribution < 1.29 is 23.9 Å². The summed E-state index contributed by atoms with van der Waals surface area (Å²) < 4.78 is 5.32. The number of carbonyl (C=O) groups is 3. The first-order chi connectivity index (χ1) is 12.5. The summed E-state index contributed by atoms with van der Waals surface area (Å²) >= 11 is 0. The molecule has 0 radical (unpaired) electrons. The van der Waals surface area contributed by atoms with Crippen LogP contribution in [0.3, 0.4) is 0 Å². The minimum atomic E-state index is -0.906. The quantitative estimate of drug-likeness (QED) is 0.793. The van der Waals surface area contributed by atoms with Crippen molar-refractivity contribution >= 4 is 23.5 Å². The van der Waals surface area contributed by atoms with Crippen LogP contribution < -0.4 is 10.2 Å². The summed E-state index contributed by atoms with van der Waals surface area (Å²) in [5.41, 5.74) is 2.42. The molecule has 1 atom stereocenters. The number of carboxylic acids is 1. The van der Waals surface area contributed by atoms with E-state index in [4.69, 9.17) is 9.52 Å². The molecule has 136 valence electrons. The molecular weight excluding hydrogens is 336 g/mol. The van der Waals surface area contributed by atoms with Gasteiger partial charge in [-0.25, -0.2) is 0 Å². The van der Waals surface area contributed by atoms with Gasteiger partial charge in [-0.2, -0.15) is 0 Å². The Hall–Kier alpha value is -3.09. The Labute approximate surface area is 150 Å². The highest BCUT2D eigenvalue weighted by atomic mass is 16.4. The summed E-state index contributed by atoms with van der Waals surface area (Å²) in [6.45, 7) is 1.99. The van der Waals surface area contributed by atoms with Crippen LogP contribution >= 0.6 is 0 Å². The van der Waals surface area contributed by atoms with Crippen LogP contribution in [0, 0.1) is 0 Å². The van der Waals surface area contributed by atoms with Gasteiger partial charge in [-0.1, -0.05) is 18.2 Å². The lowest BCUT2D eigenvalue weighted by Crippen LogP contribution is -2.34. The van der Waals surface area contributed by atoms with Gasteiger partial charge >= 0.3 is 5.97 Å². The summed E-state index contributed by atoms with van der Waals surface area (Å²) in [6.07, 6.45) is 2.07. The van der Waals surface area contributed by atoms with Crippen LogP contribution in [0.25, 0.3) is 0 Å². The zero-order valence-electron chi connectivity index (χ0n) is 14.4. The van der Waals surface area contributed by atoms with E-state index in [-0.39, 0.29) is 30.7 Å². The van der Waals surface area contributed by atoms with E-state index < -0.39 is 11.9 Å². The Bertz CT molecular complexity index is 842. The summed E-state index contributed by atoms with van der Waals surface area (Å²) in [5, 5.41) is 11.5. The van der Waals surface area contributed by atoms with Crippen molar-refractivity contribution in [1.82, 2.24) is 5.32 Å². The Morgan fingerprint density at radius 3 is 2.85 bits per heavy atom. The van der Waals surface area contributed by atoms with Gasteiger partial charge in [0.25, 0.3) is 5.91 Å². The van der Waals surface area contributed by atoms with Crippen LogP contribution in [0.2, 0.25) is 0 Å². The zero-order valence-corrected chi connectivity index (χ0v) is 14.4. The number of rotatable bonds is 7. The molecule has 0 saturated carbocycles. The third-order valence-electron chi connectivity index (χ3n) is 4.38. The third-order valence-corrected chi connectivity index (χ3v) is 4.38. The highest BCUT2D eigenvalue weighted by molar-refractivity contribution is 6.01. The van der Waals surface area contributed by atoms with E-state index >= 15 is 0 Å². The molecule has 2 aromatic rings.